The number of ether oxygens (including phenoxy) is 1. The minimum Gasteiger partial charge on any atom is -0.465 e. The van der Waals surface area contributed by atoms with Crippen LogP contribution in [-0.4, -0.2) is 19.6 Å². The Bertz CT molecular complexity index is 977. The van der Waals surface area contributed by atoms with Gasteiger partial charge in [0.05, 0.1) is 12.7 Å². The minimum absolute atomic E-state index is 0.269. The van der Waals surface area contributed by atoms with Gasteiger partial charge in [-0.15, -0.1) is 0 Å². The molecule has 0 spiro atoms. The lowest BCUT2D eigenvalue weighted by Gasteiger charge is -2.32. The summed E-state index contributed by atoms with van der Waals surface area (Å²) in [6, 6.07) is 18.9. The van der Waals surface area contributed by atoms with E-state index < -0.39 is 0 Å². The highest BCUT2D eigenvalue weighted by Gasteiger charge is 2.20. The van der Waals surface area contributed by atoms with E-state index in [4.69, 9.17) is 4.74 Å². The Morgan fingerprint density at radius 2 is 1.96 bits per heavy atom. The Labute approximate surface area is 154 Å². The Kier molecular flexibility index (Phi) is 4.37. The van der Waals surface area contributed by atoms with Crippen LogP contribution in [0.2, 0.25) is 0 Å². The zero-order chi connectivity index (χ0) is 18.1. The number of rotatable bonds is 3. The first-order valence-corrected chi connectivity index (χ1v) is 9.11. The van der Waals surface area contributed by atoms with Gasteiger partial charge in [-0.2, -0.15) is 0 Å². The van der Waals surface area contributed by atoms with E-state index in [-0.39, 0.29) is 5.97 Å². The van der Waals surface area contributed by atoms with Gasteiger partial charge in [-0.05, 0) is 65.4 Å². The number of hydrogen-bond acceptors (Lipinski definition) is 3. The highest BCUT2D eigenvalue weighted by molar-refractivity contribution is 5.90. The highest BCUT2D eigenvalue weighted by Crippen LogP contribution is 2.32. The number of carbonyl (C=O) groups is 1. The number of benzene rings is 3. The zero-order valence-electron chi connectivity index (χ0n) is 15.3. The van der Waals surface area contributed by atoms with Crippen molar-refractivity contribution >= 4 is 22.4 Å². The zero-order valence-corrected chi connectivity index (χ0v) is 15.3. The molecular formula is C23H23NO2. The van der Waals surface area contributed by atoms with E-state index >= 15 is 0 Å². The first kappa shape index (κ1) is 16.6. The molecule has 0 saturated heterocycles. The molecule has 0 fully saturated rings. The molecule has 0 radical (unpaired) electrons. The minimum atomic E-state index is -0.269. The van der Waals surface area contributed by atoms with Crippen LogP contribution < -0.4 is 4.90 Å². The molecule has 132 valence electrons. The smallest absolute Gasteiger partial charge is 0.337 e. The number of methoxy groups -OCH3 is 1. The van der Waals surface area contributed by atoms with E-state index in [1.165, 1.54) is 40.3 Å². The van der Waals surface area contributed by atoms with Crippen molar-refractivity contribution in [3.8, 4) is 0 Å². The summed E-state index contributed by atoms with van der Waals surface area (Å²) in [5, 5.41) is 2.61. The third-order valence-electron chi connectivity index (χ3n) is 5.34. The largest absolute Gasteiger partial charge is 0.465 e. The van der Waals surface area contributed by atoms with Crippen molar-refractivity contribution in [3.63, 3.8) is 0 Å². The van der Waals surface area contributed by atoms with Crippen molar-refractivity contribution in [1.29, 1.82) is 0 Å². The summed E-state index contributed by atoms with van der Waals surface area (Å²) in [6.45, 7) is 4.11. The molecule has 0 amide bonds. The third kappa shape index (κ3) is 2.94. The fraction of sp³-hybridized carbons (Fsp3) is 0.261. The summed E-state index contributed by atoms with van der Waals surface area (Å²) >= 11 is 0. The van der Waals surface area contributed by atoms with Gasteiger partial charge >= 0.3 is 5.97 Å². The number of hydrogen-bond donors (Lipinski definition) is 0. The van der Waals surface area contributed by atoms with Crippen LogP contribution in [0.25, 0.3) is 10.8 Å². The molecule has 4 rings (SSSR count). The number of aryl methyl sites for hydroxylation is 2. The second-order valence-corrected chi connectivity index (χ2v) is 6.94. The van der Waals surface area contributed by atoms with Gasteiger partial charge in [0, 0.05) is 18.8 Å². The van der Waals surface area contributed by atoms with E-state index in [2.05, 4.69) is 54.3 Å². The summed E-state index contributed by atoms with van der Waals surface area (Å²) in [4.78, 5) is 14.3. The fourth-order valence-corrected chi connectivity index (χ4v) is 3.93. The monoisotopic (exact) mass is 345 g/mol. The van der Waals surface area contributed by atoms with Crippen molar-refractivity contribution in [2.75, 3.05) is 18.6 Å². The average Bonchev–Trinajstić information content (AvgIpc) is 2.69. The van der Waals surface area contributed by atoms with Gasteiger partial charge in [0.15, 0.2) is 0 Å². The molecule has 26 heavy (non-hydrogen) atoms. The van der Waals surface area contributed by atoms with Crippen LogP contribution in [-0.2, 0) is 17.7 Å². The van der Waals surface area contributed by atoms with E-state index in [1.54, 1.807) is 0 Å². The maximum absolute atomic E-state index is 11.8. The van der Waals surface area contributed by atoms with Crippen molar-refractivity contribution in [2.45, 2.75) is 26.3 Å². The first-order valence-electron chi connectivity index (χ1n) is 9.11. The molecule has 1 aliphatic heterocycles. The van der Waals surface area contributed by atoms with Gasteiger partial charge in [-0.3, -0.25) is 0 Å². The van der Waals surface area contributed by atoms with Crippen LogP contribution in [0.1, 0.15) is 33.5 Å². The highest BCUT2D eigenvalue weighted by atomic mass is 16.5. The summed E-state index contributed by atoms with van der Waals surface area (Å²) in [5.74, 6) is -0.269. The molecule has 3 heteroatoms. The normalized spacial score (nSPS) is 13.5. The van der Waals surface area contributed by atoms with Crippen LogP contribution >= 0.6 is 0 Å². The number of carbonyl (C=O) groups excluding carboxylic acids is 1. The molecule has 0 atom stereocenters. The van der Waals surface area contributed by atoms with E-state index in [9.17, 15) is 4.79 Å². The number of esters is 1. The van der Waals surface area contributed by atoms with Crippen molar-refractivity contribution in [1.82, 2.24) is 0 Å². The molecule has 3 aromatic rings. The maximum Gasteiger partial charge on any atom is 0.337 e. The lowest BCUT2D eigenvalue weighted by Crippen LogP contribution is -2.29. The van der Waals surface area contributed by atoms with Gasteiger partial charge in [0.1, 0.15) is 0 Å². The second kappa shape index (κ2) is 6.83. The molecule has 0 bridgehead atoms. The topological polar surface area (TPSA) is 29.5 Å². The number of fused-ring (bicyclic) bond motifs is 2. The van der Waals surface area contributed by atoms with Crippen LogP contribution in [0.15, 0.2) is 54.6 Å². The summed E-state index contributed by atoms with van der Waals surface area (Å²) in [5.41, 5.74) is 5.80. The Morgan fingerprint density at radius 1 is 1.12 bits per heavy atom. The molecule has 3 aromatic carbocycles. The van der Waals surface area contributed by atoms with Gasteiger partial charge in [-0.25, -0.2) is 4.79 Å². The quantitative estimate of drug-likeness (QED) is 0.633. The van der Waals surface area contributed by atoms with Crippen LogP contribution in [0.3, 0.4) is 0 Å². The molecule has 0 aliphatic carbocycles. The van der Waals surface area contributed by atoms with Crippen molar-refractivity contribution in [3.05, 3.63) is 76.9 Å². The van der Waals surface area contributed by atoms with Crippen molar-refractivity contribution in [2.24, 2.45) is 0 Å². The van der Waals surface area contributed by atoms with Crippen molar-refractivity contribution < 1.29 is 9.53 Å². The van der Waals surface area contributed by atoms with E-state index in [1.807, 2.05) is 12.1 Å². The predicted octanol–water partition coefficient (Wildman–Crippen LogP) is 4.89. The van der Waals surface area contributed by atoms with E-state index in [0.717, 1.165) is 25.9 Å². The Morgan fingerprint density at radius 3 is 2.81 bits per heavy atom. The fourth-order valence-electron chi connectivity index (χ4n) is 3.93. The van der Waals surface area contributed by atoms with Gasteiger partial charge < -0.3 is 9.64 Å². The molecule has 1 heterocycles. The average molecular weight is 345 g/mol. The Hall–Kier alpha value is -2.81. The van der Waals surface area contributed by atoms with Crippen LogP contribution in [0.4, 0.5) is 5.69 Å². The molecule has 0 aromatic heterocycles. The first-order chi connectivity index (χ1) is 12.7. The SMILES string of the molecule is COC(=O)c1ccc2c(c1)CCCN2Cc1c(C)ccc2ccccc12. The van der Waals surface area contributed by atoms with E-state index in [0.29, 0.717) is 5.56 Å². The number of nitrogens with zero attached hydrogens (tertiary/aromatic N) is 1. The summed E-state index contributed by atoms with van der Waals surface area (Å²) < 4.78 is 4.86. The maximum atomic E-state index is 11.8. The molecule has 3 nitrogen and oxygen atoms in total. The van der Waals surface area contributed by atoms with Gasteiger partial charge in [0.2, 0.25) is 0 Å². The molecule has 1 aliphatic rings. The standard InChI is InChI=1S/C23H23NO2/c1-16-9-10-17-6-3-4-8-20(17)21(16)15-24-13-5-7-18-14-19(23(25)26-2)11-12-22(18)24/h3-4,6,8-12,14H,5,7,13,15H2,1-2H3. The molecule has 0 saturated carbocycles. The second-order valence-electron chi connectivity index (χ2n) is 6.94. The van der Waals surface area contributed by atoms with Gasteiger partial charge in [-0.1, -0.05) is 36.4 Å². The molecular weight excluding hydrogens is 322 g/mol. The summed E-state index contributed by atoms with van der Waals surface area (Å²) in [7, 11) is 1.43. The molecule has 0 N–H and O–H groups in total. The van der Waals surface area contributed by atoms with Crippen LogP contribution in [0.5, 0.6) is 0 Å². The Balaban J connectivity index is 1.72. The van der Waals surface area contributed by atoms with Crippen LogP contribution in [0, 0.1) is 6.92 Å². The lowest BCUT2D eigenvalue weighted by molar-refractivity contribution is 0.0600. The van der Waals surface area contributed by atoms with Gasteiger partial charge in [0.25, 0.3) is 0 Å². The number of anilines is 1. The predicted molar refractivity (Wildman–Crippen MR) is 106 cm³/mol. The summed E-state index contributed by atoms with van der Waals surface area (Å²) in [6.07, 6.45) is 2.10. The third-order valence-corrected chi connectivity index (χ3v) is 5.34. The lowest BCUT2D eigenvalue weighted by atomic mass is 9.96. The molecule has 0 unspecified atom stereocenters.